The van der Waals surface area contributed by atoms with Crippen LogP contribution in [0.3, 0.4) is 0 Å². The van der Waals surface area contributed by atoms with E-state index in [1.165, 1.54) is 6.20 Å². The smallest absolute Gasteiger partial charge is 0.278 e. The van der Waals surface area contributed by atoms with Crippen molar-refractivity contribution in [3.63, 3.8) is 0 Å². The van der Waals surface area contributed by atoms with Gasteiger partial charge in [-0.05, 0) is 205 Å². The largest absolute Gasteiger partial charge is 0.492 e. The van der Waals surface area contributed by atoms with Gasteiger partial charge in [0.1, 0.15) is 18.1 Å². The van der Waals surface area contributed by atoms with Gasteiger partial charge in [0.2, 0.25) is 23.6 Å². The number of hydrogen-bond acceptors (Lipinski definition) is 21. The zero-order valence-electron chi connectivity index (χ0n) is 58.9. The fourth-order valence-corrected chi connectivity index (χ4v) is 10.4. The molecule has 100 heavy (non-hydrogen) atoms. The first-order valence-electron chi connectivity index (χ1n) is 35.1. The second-order valence-corrected chi connectivity index (χ2v) is 24.9. The van der Waals surface area contributed by atoms with Crippen molar-refractivity contribution in [1.29, 1.82) is 0 Å². The number of aliphatic imine (C=N–C) groups is 5. The highest BCUT2D eigenvalue weighted by molar-refractivity contribution is 6.31. The SMILES string of the molecule is NC(N)=NCCCC[C@H](N)C(=O)NCCCN(CCCNC(=O)[C@@H](N)CCCCN=C(N)N)CCCN(CCCN(CCCNC(=O)[C@@H](N)CCCCN=C(N)N)CCCNC(=O)[C@@H](N)CCCCN=C(N)N)CCOc1ccc(CCCCN=C(N)NC(=O)c2cnc(N)c(Cl)n2)cc1. The lowest BCUT2D eigenvalue weighted by Gasteiger charge is -2.28. The summed E-state index contributed by atoms with van der Waals surface area (Å²) < 4.78 is 6.38. The van der Waals surface area contributed by atoms with Crippen molar-refractivity contribution < 1.29 is 28.7 Å². The Kier molecular flexibility index (Phi) is 48.0. The summed E-state index contributed by atoms with van der Waals surface area (Å²) in [6, 6.07) is 5.39. The summed E-state index contributed by atoms with van der Waals surface area (Å²) in [6.07, 6.45) is 15.5. The first kappa shape index (κ1) is 87.9. The van der Waals surface area contributed by atoms with Crippen LogP contribution in [-0.2, 0) is 25.6 Å². The quantitative estimate of drug-likeness (QED) is 0.0178. The summed E-state index contributed by atoms with van der Waals surface area (Å²) >= 11 is 5.90. The molecule has 0 saturated carbocycles. The van der Waals surface area contributed by atoms with Gasteiger partial charge in [0.05, 0.1) is 30.4 Å². The first-order chi connectivity index (χ1) is 47.9. The number of benzene rings is 1. The van der Waals surface area contributed by atoms with Crippen molar-refractivity contribution in [3.05, 3.63) is 46.9 Å². The average molecular weight is 1430 g/mol. The molecule has 2 aromatic rings. The molecular weight excluding hydrogens is 1310 g/mol. The van der Waals surface area contributed by atoms with E-state index in [2.05, 4.69) is 76.2 Å². The van der Waals surface area contributed by atoms with E-state index in [-0.39, 0.29) is 70.1 Å². The van der Waals surface area contributed by atoms with Crippen molar-refractivity contribution in [2.45, 2.75) is 159 Å². The third kappa shape index (κ3) is 45.5. The van der Waals surface area contributed by atoms with Crippen LogP contribution in [0.25, 0.3) is 0 Å². The standard InChI is InChI=1S/C64H122ClN29O6/c65-53-54(70)89-45-52(90-53)59(99)91-64(79)88-30-6-1-17-46-22-24-47(25-23-46)100-44-43-94(41-15-39-92(35-11-31-80-55(95)48(66)18-2-7-26-84-60(71)72)36-12-32-81-56(96)49(67)19-3-8-27-85-61(73)74)42-16-40-93(37-13-33-82-57(97)50(68)20-4-9-28-86-62(75)76)38-14-34-83-58(98)51(69)21-5-10-29-87-63(77)78/h22-25,45,48-51H,1-21,26-44,66-69H2,(H2,70,89)(H,80,95)(H,81,96)(H,82,97)(H,83,98)(H4,71,72,84)(H4,73,74,85)(H4,75,76,86)(H4,77,78,87)(H3,79,88,91,99)/t48-,49-,50-,51-/m0/s1. The minimum Gasteiger partial charge on any atom is -0.492 e. The predicted octanol–water partition coefficient (Wildman–Crippen LogP) is -3.05. The minimum absolute atomic E-state index is 0.0106. The maximum absolute atomic E-state index is 13.0. The molecule has 0 bridgehead atoms. The number of nitrogens with one attached hydrogen (secondary N) is 5. The van der Waals surface area contributed by atoms with Gasteiger partial charge in [0.25, 0.3) is 5.91 Å². The van der Waals surface area contributed by atoms with Crippen molar-refractivity contribution >= 4 is 76.8 Å². The van der Waals surface area contributed by atoms with Crippen LogP contribution < -0.4 is 112 Å². The van der Waals surface area contributed by atoms with Gasteiger partial charge in [0.15, 0.2) is 40.8 Å². The van der Waals surface area contributed by atoms with Crippen LogP contribution in [0.4, 0.5) is 5.82 Å². The molecule has 2 rings (SSSR count). The molecule has 1 heterocycles. The van der Waals surface area contributed by atoms with Gasteiger partial charge >= 0.3 is 0 Å². The number of guanidine groups is 5. The van der Waals surface area contributed by atoms with E-state index in [1.807, 2.05) is 24.3 Å². The number of hydrogen-bond donors (Lipinski definition) is 19. The van der Waals surface area contributed by atoms with Crippen LogP contribution in [0, 0.1) is 0 Å². The lowest BCUT2D eigenvalue weighted by Crippen LogP contribution is -2.42. The second-order valence-electron chi connectivity index (χ2n) is 24.5. The predicted molar refractivity (Wildman–Crippen MR) is 399 cm³/mol. The number of aryl methyl sites for hydroxylation is 1. The molecule has 1 aromatic heterocycles. The first-order valence-corrected chi connectivity index (χ1v) is 35.4. The number of aromatic nitrogens is 2. The maximum Gasteiger partial charge on any atom is 0.278 e. The number of carbonyl (C=O) groups is 5. The normalized spacial score (nSPS) is 12.6. The number of ether oxygens (including phenoxy) is 1. The molecule has 0 aliphatic carbocycles. The summed E-state index contributed by atoms with van der Waals surface area (Å²) in [5, 5.41) is 14.4. The average Bonchev–Trinajstić information content (AvgIpc) is 1.14. The van der Waals surface area contributed by atoms with Crippen molar-refractivity contribution in [1.82, 2.24) is 51.3 Å². The van der Waals surface area contributed by atoms with Gasteiger partial charge in [-0.1, -0.05) is 23.7 Å². The molecule has 0 aliphatic heterocycles. The monoisotopic (exact) mass is 1430 g/mol. The summed E-state index contributed by atoms with van der Waals surface area (Å²) in [5.41, 5.74) is 81.1. The third-order valence-corrected chi connectivity index (χ3v) is 16.2. The summed E-state index contributed by atoms with van der Waals surface area (Å²) in [4.78, 5) is 99.6. The highest BCUT2D eigenvalue weighted by Crippen LogP contribution is 2.16. The van der Waals surface area contributed by atoms with E-state index in [4.69, 9.17) is 96.6 Å². The topological polar surface area (TPSA) is 616 Å². The van der Waals surface area contributed by atoms with Crippen molar-refractivity contribution in [2.24, 2.45) is 99.5 Å². The fraction of sp³-hybridized carbons (Fsp3) is 0.688. The second kappa shape index (κ2) is 54.6. The zero-order valence-corrected chi connectivity index (χ0v) is 59.6. The molecule has 0 fully saturated rings. The summed E-state index contributed by atoms with van der Waals surface area (Å²) in [6.45, 7) is 10.8. The molecule has 1 aromatic carbocycles. The van der Waals surface area contributed by atoms with E-state index in [1.54, 1.807) is 0 Å². The molecule has 35 nitrogen and oxygen atoms in total. The van der Waals surface area contributed by atoms with E-state index < -0.39 is 30.1 Å². The van der Waals surface area contributed by atoms with E-state index in [0.717, 1.165) is 69.6 Å². The number of rotatable bonds is 58. The Labute approximate surface area is 595 Å². The number of amides is 5. The van der Waals surface area contributed by atoms with E-state index >= 15 is 0 Å². The van der Waals surface area contributed by atoms with Crippen molar-refractivity contribution in [2.75, 3.05) is 130 Å². The molecule has 0 spiro atoms. The number of halogens is 1. The third-order valence-electron chi connectivity index (χ3n) is 15.9. The zero-order chi connectivity index (χ0) is 73.7. The van der Waals surface area contributed by atoms with Gasteiger partial charge in [-0.3, -0.25) is 59.2 Å². The number of carbonyl (C=O) groups excluding carboxylic acids is 5. The van der Waals surface area contributed by atoms with E-state index in [0.29, 0.717) is 201 Å². The Morgan fingerprint density at radius 2 is 0.770 bits per heavy atom. The molecular formula is C64H122ClN29O6. The Hall–Kier alpha value is -8.19. The lowest BCUT2D eigenvalue weighted by atomic mass is 10.1. The van der Waals surface area contributed by atoms with Gasteiger partial charge in [0, 0.05) is 65.4 Å². The van der Waals surface area contributed by atoms with Gasteiger partial charge in [-0.15, -0.1) is 0 Å². The highest BCUT2D eigenvalue weighted by atomic mass is 35.5. The molecule has 0 radical (unpaired) electrons. The molecule has 5 amide bonds. The molecule has 0 unspecified atom stereocenters. The van der Waals surface area contributed by atoms with Crippen LogP contribution in [0.1, 0.15) is 144 Å². The summed E-state index contributed by atoms with van der Waals surface area (Å²) in [7, 11) is 0. The van der Waals surface area contributed by atoms with E-state index in [9.17, 15) is 24.0 Å². The molecule has 33 N–H and O–H groups in total. The Bertz CT molecular complexity index is 2550. The number of nitrogens with zero attached hydrogens (tertiary/aromatic N) is 10. The molecule has 0 aliphatic rings. The van der Waals surface area contributed by atoms with Crippen LogP contribution in [0.2, 0.25) is 5.15 Å². The number of anilines is 1. The molecule has 4 atom stereocenters. The number of unbranched alkanes of at least 4 members (excludes halogenated alkanes) is 5. The molecule has 0 saturated heterocycles. The van der Waals surface area contributed by atoms with Crippen LogP contribution in [-0.4, -0.2) is 233 Å². The van der Waals surface area contributed by atoms with Crippen LogP contribution in [0.5, 0.6) is 5.75 Å². The Balaban J connectivity index is 2.24. The lowest BCUT2D eigenvalue weighted by molar-refractivity contribution is -0.123. The van der Waals surface area contributed by atoms with Crippen LogP contribution in [0.15, 0.2) is 55.4 Å². The van der Waals surface area contributed by atoms with Gasteiger partial charge in [-0.2, -0.15) is 0 Å². The number of nitrogen functional groups attached to an aromatic ring is 1. The number of nitrogens with two attached hydrogens (primary N) is 14. The molecule has 566 valence electrons. The maximum atomic E-state index is 13.0. The Morgan fingerprint density at radius 1 is 0.440 bits per heavy atom. The summed E-state index contributed by atoms with van der Waals surface area (Å²) in [5.74, 6) is -0.657. The highest BCUT2D eigenvalue weighted by Gasteiger charge is 2.19. The van der Waals surface area contributed by atoms with Crippen LogP contribution >= 0.6 is 11.6 Å². The minimum atomic E-state index is -0.658. The molecule has 36 heteroatoms. The van der Waals surface area contributed by atoms with Gasteiger partial charge in [-0.25, -0.2) is 9.97 Å². The van der Waals surface area contributed by atoms with Crippen molar-refractivity contribution in [3.8, 4) is 5.75 Å². The van der Waals surface area contributed by atoms with Gasteiger partial charge < -0.3 is 116 Å². The Morgan fingerprint density at radius 3 is 1.12 bits per heavy atom. The fourth-order valence-electron chi connectivity index (χ4n) is 10.3.